The Labute approximate surface area is 81.2 Å². The van der Waals surface area contributed by atoms with Gasteiger partial charge in [-0.25, -0.2) is 0 Å². The van der Waals surface area contributed by atoms with Gasteiger partial charge in [-0.15, -0.1) is 5.10 Å². The average Bonchev–Trinajstić information content (AvgIpc) is 2.65. The molecule has 70 valence electrons. The van der Waals surface area contributed by atoms with Crippen molar-refractivity contribution in [2.45, 2.75) is 0 Å². The first-order chi connectivity index (χ1) is 6.90. The van der Waals surface area contributed by atoms with E-state index in [1.807, 2.05) is 30.5 Å². The summed E-state index contributed by atoms with van der Waals surface area (Å²) in [6, 6.07) is 8.01. The Bertz CT molecular complexity index is 482. The van der Waals surface area contributed by atoms with E-state index in [1.54, 1.807) is 6.21 Å². The number of hydrogen-bond donors (Lipinski definition) is 2. The van der Waals surface area contributed by atoms with Crippen molar-refractivity contribution >= 4 is 23.5 Å². The monoisotopic (exact) mass is 186 g/mol. The number of nitrogens with zero attached hydrogens (tertiary/aromatic N) is 2. The summed E-state index contributed by atoms with van der Waals surface area (Å²) in [5, 5.41) is 8.47. The van der Waals surface area contributed by atoms with Crippen molar-refractivity contribution in [1.29, 1.82) is 0 Å². The van der Waals surface area contributed by atoms with E-state index >= 15 is 0 Å². The van der Waals surface area contributed by atoms with Gasteiger partial charge in [0.15, 0.2) is 0 Å². The Morgan fingerprint density at radius 1 is 1.21 bits per heavy atom. The second-order valence-corrected chi connectivity index (χ2v) is 2.83. The van der Waals surface area contributed by atoms with Crippen molar-refractivity contribution in [3.63, 3.8) is 0 Å². The van der Waals surface area contributed by atoms with Crippen LogP contribution in [0.2, 0.25) is 0 Å². The fourth-order valence-corrected chi connectivity index (χ4v) is 1.29. The van der Waals surface area contributed by atoms with Crippen molar-refractivity contribution in [1.82, 2.24) is 4.98 Å². The second kappa shape index (κ2) is 3.74. The maximum atomic E-state index is 5.06. The quantitative estimate of drug-likeness (QED) is 0.416. The summed E-state index contributed by atoms with van der Waals surface area (Å²) in [6.45, 7) is 0. The summed E-state index contributed by atoms with van der Waals surface area (Å²) in [5.74, 6) is 0. The topological polar surface area (TPSA) is 66.5 Å². The van der Waals surface area contributed by atoms with Gasteiger partial charge in [0.2, 0.25) is 0 Å². The predicted octanol–water partition coefficient (Wildman–Crippen LogP) is 1.49. The normalized spacial score (nSPS) is 12.0. The lowest BCUT2D eigenvalue weighted by Gasteiger charge is -1.92. The van der Waals surface area contributed by atoms with Crippen LogP contribution < -0.4 is 5.73 Å². The van der Waals surface area contributed by atoms with Gasteiger partial charge in [0.1, 0.15) is 6.34 Å². The van der Waals surface area contributed by atoms with Crippen LogP contribution in [0.5, 0.6) is 0 Å². The molecule has 1 aromatic carbocycles. The summed E-state index contributed by atoms with van der Waals surface area (Å²) in [7, 11) is 0. The molecule has 0 bridgehead atoms. The number of nitrogens with one attached hydrogen (secondary N) is 1. The Kier molecular flexibility index (Phi) is 2.27. The van der Waals surface area contributed by atoms with E-state index in [4.69, 9.17) is 5.73 Å². The molecule has 1 aromatic heterocycles. The van der Waals surface area contributed by atoms with E-state index in [0.29, 0.717) is 0 Å². The Hall–Kier alpha value is -2.10. The fraction of sp³-hybridized carbons (Fsp3) is 0. The van der Waals surface area contributed by atoms with Crippen molar-refractivity contribution in [2.75, 3.05) is 0 Å². The first-order valence-corrected chi connectivity index (χ1v) is 4.24. The average molecular weight is 186 g/mol. The van der Waals surface area contributed by atoms with Gasteiger partial charge < -0.3 is 10.7 Å². The molecule has 0 unspecified atom stereocenters. The molecule has 3 N–H and O–H groups in total. The first-order valence-electron chi connectivity index (χ1n) is 4.24. The number of aromatic nitrogens is 1. The number of nitrogens with two attached hydrogens (primary N) is 1. The largest absolute Gasteiger partial charge is 0.388 e. The lowest BCUT2D eigenvalue weighted by Crippen LogP contribution is -1.86. The van der Waals surface area contributed by atoms with E-state index in [-0.39, 0.29) is 0 Å². The third-order valence-electron chi connectivity index (χ3n) is 1.92. The molecule has 0 saturated carbocycles. The standard InChI is InChI=1S/C10H10N4/c11-7-14-13-6-8-1-2-10-9(5-8)3-4-12-10/h1-7,12H,(H2,11,14)/b13-6+. The lowest BCUT2D eigenvalue weighted by molar-refractivity contribution is 1.26. The highest BCUT2D eigenvalue weighted by molar-refractivity contribution is 5.88. The zero-order chi connectivity index (χ0) is 9.80. The Morgan fingerprint density at radius 2 is 2.14 bits per heavy atom. The molecule has 0 amide bonds. The number of hydrogen-bond acceptors (Lipinski definition) is 2. The van der Waals surface area contributed by atoms with Crippen molar-refractivity contribution in [3.05, 3.63) is 36.0 Å². The van der Waals surface area contributed by atoms with Gasteiger partial charge in [0, 0.05) is 11.7 Å². The van der Waals surface area contributed by atoms with E-state index in [2.05, 4.69) is 15.2 Å². The fourth-order valence-electron chi connectivity index (χ4n) is 1.29. The first kappa shape index (κ1) is 8.50. The van der Waals surface area contributed by atoms with Crippen molar-refractivity contribution in [2.24, 2.45) is 15.9 Å². The van der Waals surface area contributed by atoms with Gasteiger partial charge in [-0.2, -0.15) is 5.10 Å². The van der Waals surface area contributed by atoms with Gasteiger partial charge in [-0.1, -0.05) is 6.07 Å². The number of fused-ring (bicyclic) bond motifs is 1. The zero-order valence-corrected chi connectivity index (χ0v) is 7.51. The number of benzene rings is 1. The molecule has 0 radical (unpaired) electrons. The number of rotatable bonds is 2. The highest BCUT2D eigenvalue weighted by Crippen LogP contribution is 2.12. The summed E-state index contributed by atoms with van der Waals surface area (Å²) >= 11 is 0. The Morgan fingerprint density at radius 3 is 3.00 bits per heavy atom. The second-order valence-electron chi connectivity index (χ2n) is 2.83. The molecule has 0 spiro atoms. The van der Waals surface area contributed by atoms with Crippen LogP contribution >= 0.6 is 0 Å². The molecule has 2 rings (SSSR count). The van der Waals surface area contributed by atoms with Gasteiger partial charge in [0.05, 0.1) is 6.21 Å². The maximum Gasteiger partial charge on any atom is 0.108 e. The van der Waals surface area contributed by atoms with Gasteiger partial charge in [-0.3, -0.25) is 0 Å². The maximum absolute atomic E-state index is 5.06. The number of H-pyrrole nitrogens is 1. The predicted molar refractivity (Wildman–Crippen MR) is 58.6 cm³/mol. The van der Waals surface area contributed by atoms with Crippen LogP contribution in [0, 0.1) is 0 Å². The van der Waals surface area contributed by atoms with Crippen LogP contribution in [-0.2, 0) is 0 Å². The summed E-state index contributed by atoms with van der Waals surface area (Å²) < 4.78 is 0. The van der Waals surface area contributed by atoms with Crippen LogP contribution in [0.4, 0.5) is 0 Å². The molecule has 0 atom stereocenters. The summed E-state index contributed by atoms with van der Waals surface area (Å²) in [6.07, 6.45) is 4.73. The molecule has 2 aromatic rings. The third-order valence-corrected chi connectivity index (χ3v) is 1.92. The minimum atomic E-state index is 1.00. The van der Waals surface area contributed by atoms with Gasteiger partial charge in [-0.05, 0) is 29.1 Å². The molecular formula is C10H10N4. The smallest absolute Gasteiger partial charge is 0.108 e. The lowest BCUT2D eigenvalue weighted by atomic mass is 10.2. The third kappa shape index (κ3) is 1.64. The molecule has 0 aliphatic rings. The molecular weight excluding hydrogens is 176 g/mol. The van der Waals surface area contributed by atoms with E-state index < -0.39 is 0 Å². The highest BCUT2D eigenvalue weighted by Gasteiger charge is 1.93. The molecule has 0 aliphatic carbocycles. The van der Waals surface area contributed by atoms with Crippen molar-refractivity contribution < 1.29 is 0 Å². The van der Waals surface area contributed by atoms with Crippen LogP contribution in [0.3, 0.4) is 0 Å². The minimum absolute atomic E-state index is 1.00. The van der Waals surface area contributed by atoms with Crippen molar-refractivity contribution in [3.8, 4) is 0 Å². The molecule has 4 heteroatoms. The van der Waals surface area contributed by atoms with E-state index in [1.165, 1.54) is 0 Å². The highest BCUT2D eigenvalue weighted by atomic mass is 15.2. The van der Waals surface area contributed by atoms with Crippen LogP contribution in [0.25, 0.3) is 10.9 Å². The molecule has 1 heterocycles. The summed E-state index contributed by atoms with van der Waals surface area (Å²) in [4.78, 5) is 3.12. The van der Waals surface area contributed by atoms with Gasteiger partial charge >= 0.3 is 0 Å². The van der Waals surface area contributed by atoms with Crippen LogP contribution in [0.15, 0.2) is 40.7 Å². The van der Waals surface area contributed by atoms with Crippen LogP contribution in [-0.4, -0.2) is 17.5 Å². The minimum Gasteiger partial charge on any atom is -0.388 e. The molecule has 0 fully saturated rings. The van der Waals surface area contributed by atoms with Crippen LogP contribution in [0.1, 0.15) is 5.56 Å². The molecule has 0 saturated heterocycles. The number of aromatic amines is 1. The molecule has 0 aliphatic heterocycles. The SMILES string of the molecule is N/C=N\N=C\c1ccc2[nH]ccc2c1. The zero-order valence-electron chi connectivity index (χ0n) is 7.51. The van der Waals surface area contributed by atoms with E-state index in [9.17, 15) is 0 Å². The summed E-state index contributed by atoms with van der Waals surface area (Å²) in [5.41, 5.74) is 7.17. The van der Waals surface area contributed by atoms with E-state index in [0.717, 1.165) is 22.8 Å². The molecule has 14 heavy (non-hydrogen) atoms. The van der Waals surface area contributed by atoms with Gasteiger partial charge in [0.25, 0.3) is 0 Å². The molecule has 4 nitrogen and oxygen atoms in total. The Balaban J connectivity index is 2.34.